The maximum atomic E-state index is 10.2. The third kappa shape index (κ3) is 4.21. The summed E-state index contributed by atoms with van der Waals surface area (Å²) in [5.41, 5.74) is 2.95. The number of halogens is 1. The van der Waals surface area contributed by atoms with Crippen LogP contribution in [0.4, 0.5) is 0 Å². The molecule has 2 unspecified atom stereocenters. The number of hydrogen-bond acceptors (Lipinski definition) is 2. The second-order valence-electron chi connectivity index (χ2n) is 8.27. The second-order valence-corrected chi connectivity index (χ2v) is 8.70. The predicted octanol–water partition coefficient (Wildman–Crippen LogP) is 4.35. The molecule has 2 atom stereocenters. The van der Waals surface area contributed by atoms with Gasteiger partial charge in [-0.15, -0.1) is 0 Å². The van der Waals surface area contributed by atoms with Crippen LogP contribution in [0.5, 0.6) is 0 Å². The minimum atomic E-state index is -0.316. The van der Waals surface area contributed by atoms with Gasteiger partial charge in [-0.1, -0.05) is 52.3 Å². The van der Waals surface area contributed by atoms with Gasteiger partial charge in [0.05, 0.1) is 6.10 Å². The highest BCUT2D eigenvalue weighted by Crippen LogP contribution is 2.45. The Morgan fingerprint density at radius 1 is 1.38 bits per heavy atom. The van der Waals surface area contributed by atoms with Crippen LogP contribution < -0.4 is 5.32 Å². The molecule has 2 N–H and O–H groups in total. The van der Waals surface area contributed by atoms with E-state index < -0.39 is 0 Å². The third-order valence-electron chi connectivity index (χ3n) is 4.25. The molecule has 2 nitrogen and oxygen atoms in total. The van der Waals surface area contributed by atoms with E-state index in [2.05, 4.69) is 52.1 Å². The maximum Gasteiger partial charge on any atom is 0.0669 e. The number of nitrogens with one attached hydrogen (secondary N) is 1. The standard InChI is InChI=1S/C18H28ClNO/c1-17(2,3)10-14(21)11-20-16-15-8-13(19)7-6-12(15)9-18(16,4)5/h6-8,14,16,20-21H,9-11H2,1-5H3. The van der Waals surface area contributed by atoms with Gasteiger partial charge in [0, 0.05) is 17.6 Å². The van der Waals surface area contributed by atoms with Gasteiger partial charge in [-0.2, -0.15) is 0 Å². The smallest absolute Gasteiger partial charge is 0.0669 e. The van der Waals surface area contributed by atoms with Gasteiger partial charge >= 0.3 is 0 Å². The van der Waals surface area contributed by atoms with Crippen LogP contribution in [-0.2, 0) is 6.42 Å². The fraction of sp³-hybridized carbons (Fsp3) is 0.667. The molecule has 118 valence electrons. The Morgan fingerprint density at radius 3 is 2.67 bits per heavy atom. The summed E-state index contributed by atoms with van der Waals surface area (Å²) in [5, 5.41) is 14.6. The topological polar surface area (TPSA) is 32.3 Å². The molecule has 0 spiro atoms. The number of hydrogen-bond donors (Lipinski definition) is 2. The normalized spacial score (nSPS) is 22.1. The van der Waals surface area contributed by atoms with Gasteiger partial charge in [0.25, 0.3) is 0 Å². The minimum absolute atomic E-state index is 0.146. The Kier molecular flexibility index (Phi) is 4.72. The van der Waals surface area contributed by atoms with E-state index >= 15 is 0 Å². The third-order valence-corrected chi connectivity index (χ3v) is 4.49. The van der Waals surface area contributed by atoms with E-state index in [0.29, 0.717) is 6.54 Å². The fourth-order valence-electron chi connectivity index (χ4n) is 3.43. The Bertz CT molecular complexity index is 504. The van der Waals surface area contributed by atoms with Gasteiger partial charge in [-0.25, -0.2) is 0 Å². The fourth-order valence-corrected chi connectivity index (χ4v) is 3.61. The molecule has 1 aromatic carbocycles. The van der Waals surface area contributed by atoms with Crippen molar-refractivity contribution >= 4 is 11.6 Å². The summed E-state index contributed by atoms with van der Waals surface area (Å²) in [7, 11) is 0. The molecule has 0 radical (unpaired) electrons. The molecule has 1 aliphatic rings. The van der Waals surface area contributed by atoms with Crippen molar-refractivity contribution < 1.29 is 5.11 Å². The second kappa shape index (κ2) is 5.91. The first-order valence-corrected chi connectivity index (χ1v) is 8.16. The van der Waals surface area contributed by atoms with Crippen molar-refractivity contribution in [1.29, 1.82) is 0 Å². The van der Waals surface area contributed by atoms with Gasteiger partial charge in [0.15, 0.2) is 0 Å². The quantitative estimate of drug-likeness (QED) is 0.866. The van der Waals surface area contributed by atoms with Crippen molar-refractivity contribution in [2.45, 2.75) is 59.6 Å². The lowest BCUT2D eigenvalue weighted by atomic mass is 9.85. The van der Waals surface area contributed by atoms with Gasteiger partial charge in [0.1, 0.15) is 0 Å². The summed E-state index contributed by atoms with van der Waals surface area (Å²) < 4.78 is 0. The first kappa shape index (κ1) is 16.8. The summed E-state index contributed by atoms with van der Waals surface area (Å²) in [4.78, 5) is 0. The number of rotatable bonds is 4. The Balaban J connectivity index is 2.07. The molecule has 0 amide bonds. The minimum Gasteiger partial charge on any atom is -0.392 e. The summed E-state index contributed by atoms with van der Waals surface area (Å²) in [6.07, 6.45) is 1.53. The van der Waals surface area contributed by atoms with Crippen LogP contribution in [-0.4, -0.2) is 17.8 Å². The van der Waals surface area contributed by atoms with E-state index in [1.807, 2.05) is 6.07 Å². The van der Waals surface area contributed by atoms with Gasteiger partial charge < -0.3 is 10.4 Å². The van der Waals surface area contributed by atoms with Gasteiger partial charge in [0.2, 0.25) is 0 Å². The largest absolute Gasteiger partial charge is 0.392 e. The van der Waals surface area contributed by atoms with Gasteiger partial charge in [-0.3, -0.25) is 0 Å². The lowest BCUT2D eigenvalue weighted by molar-refractivity contribution is 0.109. The average Bonchev–Trinajstić information content (AvgIpc) is 2.54. The molecule has 0 heterocycles. The van der Waals surface area contributed by atoms with Crippen molar-refractivity contribution in [1.82, 2.24) is 5.32 Å². The highest BCUT2D eigenvalue weighted by atomic mass is 35.5. The van der Waals surface area contributed by atoms with Crippen LogP contribution in [0, 0.1) is 10.8 Å². The van der Waals surface area contributed by atoms with Crippen molar-refractivity contribution in [3.8, 4) is 0 Å². The number of benzene rings is 1. The van der Waals surface area contributed by atoms with Crippen LogP contribution in [0.1, 0.15) is 58.2 Å². The van der Waals surface area contributed by atoms with Gasteiger partial charge in [-0.05, 0) is 46.9 Å². The molecule has 0 aliphatic heterocycles. The lowest BCUT2D eigenvalue weighted by Gasteiger charge is -2.31. The molecule has 2 rings (SSSR count). The SMILES string of the molecule is CC(C)(C)CC(O)CNC1c2cc(Cl)ccc2CC1(C)C. The molecule has 0 fully saturated rings. The predicted molar refractivity (Wildman–Crippen MR) is 89.8 cm³/mol. The molecule has 1 aromatic rings. The molecular weight excluding hydrogens is 282 g/mol. The zero-order valence-corrected chi connectivity index (χ0v) is 14.6. The molecule has 0 bridgehead atoms. The Hall–Kier alpha value is -0.570. The van der Waals surface area contributed by atoms with Crippen LogP contribution in [0.25, 0.3) is 0 Å². The first-order valence-electron chi connectivity index (χ1n) is 7.78. The number of aliphatic hydroxyl groups excluding tert-OH is 1. The molecule has 0 aromatic heterocycles. The van der Waals surface area contributed by atoms with Crippen molar-refractivity contribution in [2.24, 2.45) is 10.8 Å². The number of fused-ring (bicyclic) bond motifs is 1. The van der Waals surface area contributed by atoms with E-state index in [0.717, 1.165) is 17.9 Å². The van der Waals surface area contributed by atoms with Crippen LogP contribution >= 0.6 is 11.6 Å². The highest BCUT2D eigenvalue weighted by molar-refractivity contribution is 6.30. The van der Waals surface area contributed by atoms with E-state index in [4.69, 9.17) is 11.6 Å². The average molecular weight is 310 g/mol. The maximum absolute atomic E-state index is 10.2. The summed E-state index contributed by atoms with van der Waals surface area (Å²) in [6.45, 7) is 11.6. The van der Waals surface area contributed by atoms with Crippen LogP contribution in [0.15, 0.2) is 18.2 Å². The monoisotopic (exact) mass is 309 g/mol. The van der Waals surface area contributed by atoms with E-state index in [1.54, 1.807) is 0 Å². The van der Waals surface area contributed by atoms with Crippen molar-refractivity contribution in [3.05, 3.63) is 34.3 Å². The number of aliphatic hydroxyl groups is 1. The Labute approximate surface area is 133 Å². The lowest BCUT2D eigenvalue weighted by Crippen LogP contribution is -2.37. The Morgan fingerprint density at radius 2 is 2.05 bits per heavy atom. The molecular formula is C18H28ClNO. The van der Waals surface area contributed by atoms with E-state index in [9.17, 15) is 5.11 Å². The van der Waals surface area contributed by atoms with Crippen molar-refractivity contribution in [2.75, 3.05) is 6.54 Å². The van der Waals surface area contributed by atoms with E-state index in [-0.39, 0.29) is 23.0 Å². The molecule has 1 aliphatic carbocycles. The molecule has 0 saturated heterocycles. The molecule has 3 heteroatoms. The van der Waals surface area contributed by atoms with Crippen LogP contribution in [0.2, 0.25) is 5.02 Å². The van der Waals surface area contributed by atoms with Crippen molar-refractivity contribution in [3.63, 3.8) is 0 Å². The summed E-state index contributed by atoms with van der Waals surface area (Å²) >= 11 is 6.15. The first-order chi connectivity index (χ1) is 9.58. The highest BCUT2D eigenvalue weighted by Gasteiger charge is 2.38. The van der Waals surface area contributed by atoms with Crippen LogP contribution in [0.3, 0.4) is 0 Å². The zero-order valence-electron chi connectivity index (χ0n) is 13.8. The summed E-state index contributed by atoms with van der Waals surface area (Å²) in [6, 6.07) is 6.42. The molecule has 0 saturated carbocycles. The van der Waals surface area contributed by atoms with E-state index in [1.165, 1.54) is 11.1 Å². The zero-order chi connectivity index (χ0) is 15.8. The summed E-state index contributed by atoms with van der Waals surface area (Å²) in [5.74, 6) is 0. The molecule has 21 heavy (non-hydrogen) atoms.